The van der Waals surface area contributed by atoms with E-state index in [2.05, 4.69) is 42.3 Å². The minimum Gasteiger partial charge on any atom is -0.335 e. The van der Waals surface area contributed by atoms with Gasteiger partial charge in [0.15, 0.2) is 0 Å². The summed E-state index contributed by atoms with van der Waals surface area (Å²) in [6.07, 6.45) is 1.91. The van der Waals surface area contributed by atoms with Crippen LogP contribution in [0, 0.1) is 20.8 Å². The molecule has 1 aliphatic heterocycles. The van der Waals surface area contributed by atoms with Crippen molar-refractivity contribution in [2.75, 3.05) is 19.6 Å². The van der Waals surface area contributed by atoms with Crippen molar-refractivity contribution >= 4 is 28.3 Å². The van der Waals surface area contributed by atoms with Crippen LogP contribution in [0.1, 0.15) is 45.6 Å². The zero-order valence-corrected chi connectivity index (χ0v) is 17.7. The predicted octanol–water partition coefficient (Wildman–Crippen LogP) is 4.09. The lowest BCUT2D eigenvalue weighted by molar-refractivity contribution is 0.0694. The van der Waals surface area contributed by atoms with Crippen LogP contribution in [0.15, 0.2) is 16.7 Å². The highest BCUT2D eigenvalue weighted by Crippen LogP contribution is 2.33. The summed E-state index contributed by atoms with van der Waals surface area (Å²) >= 11 is 1.73. The Morgan fingerprint density at radius 3 is 2.82 bits per heavy atom. The Kier molecular flexibility index (Phi) is 5.21. The number of aryl methyl sites for hydroxylation is 3. The first-order chi connectivity index (χ1) is 13.5. The van der Waals surface area contributed by atoms with Crippen molar-refractivity contribution in [2.45, 2.75) is 46.6 Å². The van der Waals surface area contributed by atoms with Crippen molar-refractivity contribution in [3.05, 3.63) is 33.1 Å². The molecule has 1 amide bonds. The van der Waals surface area contributed by atoms with E-state index >= 15 is 0 Å². The molecule has 28 heavy (non-hydrogen) atoms. The molecule has 0 aliphatic carbocycles. The van der Waals surface area contributed by atoms with E-state index in [0.717, 1.165) is 49.1 Å². The number of hydrogen-bond donors (Lipinski definition) is 1. The van der Waals surface area contributed by atoms with Crippen LogP contribution >= 0.6 is 11.3 Å². The van der Waals surface area contributed by atoms with Crippen LogP contribution < -0.4 is 5.32 Å². The normalized spacial score (nSPS) is 16.8. The van der Waals surface area contributed by atoms with Gasteiger partial charge in [0.05, 0.1) is 22.3 Å². The molecule has 4 rings (SSSR count). The summed E-state index contributed by atoms with van der Waals surface area (Å²) in [5, 5.41) is 8.19. The van der Waals surface area contributed by atoms with E-state index in [9.17, 15) is 4.79 Å². The second-order valence-corrected chi connectivity index (χ2v) is 8.94. The molecule has 148 valence electrons. The molecule has 1 unspecified atom stereocenters. The molecule has 1 fully saturated rings. The van der Waals surface area contributed by atoms with Gasteiger partial charge in [0, 0.05) is 34.4 Å². The number of nitrogens with one attached hydrogen (secondary N) is 1. The van der Waals surface area contributed by atoms with Crippen LogP contribution in [-0.4, -0.2) is 46.6 Å². The highest BCUT2D eigenvalue weighted by molar-refractivity contribution is 7.12. The Morgan fingerprint density at radius 1 is 1.36 bits per heavy atom. The van der Waals surface area contributed by atoms with Gasteiger partial charge >= 0.3 is 0 Å². The monoisotopic (exact) mass is 398 g/mol. The number of pyridine rings is 1. The van der Waals surface area contributed by atoms with Gasteiger partial charge in [-0.05, 0) is 52.3 Å². The zero-order valence-electron chi connectivity index (χ0n) is 16.8. The fourth-order valence-corrected chi connectivity index (χ4v) is 4.97. The van der Waals surface area contributed by atoms with Crippen molar-refractivity contribution in [3.63, 3.8) is 0 Å². The third kappa shape index (κ3) is 3.33. The number of carbonyl (C=O) groups is 1. The number of nitrogens with zero attached hydrogens (tertiary/aromatic N) is 3. The van der Waals surface area contributed by atoms with Crippen molar-refractivity contribution < 1.29 is 9.32 Å². The molecule has 1 N–H and O–H groups in total. The Balaban J connectivity index is 1.85. The Bertz CT molecular complexity index is 1020. The average Bonchev–Trinajstić information content (AvgIpc) is 3.40. The van der Waals surface area contributed by atoms with Gasteiger partial charge < -0.3 is 14.7 Å². The average molecular weight is 399 g/mol. The first-order valence-corrected chi connectivity index (χ1v) is 10.7. The molecule has 0 saturated carbocycles. The molecule has 1 atom stereocenters. The van der Waals surface area contributed by atoms with Crippen LogP contribution in [0.3, 0.4) is 0 Å². The molecule has 6 nitrogen and oxygen atoms in total. The van der Waals surface area contributed by atoms with Crippen LogP contribution in [0.5, 0.6) is 0 Å². The van der Waals surface area contributed by atoms with Crippen LogP contribution in [0.25, 0.3) is 22.4 Å². The zero-order chi connectivity index (χ0) is 19.8. The predicted molar refractivity (Wildman–Crippen MR) is 112 cm³/mol. The molecule has 3 aromatic heterocycles. The van der Waals surface area contributed by atoms with Crippen molar-refractivity contribution in [1.29, 1.82) is 0 Å². The molecule has 0 radical (unpaired) electrons. The second-order valence-electron chi connectivity index (χ2n) is 7.48. The smallest absolute Gasteiger partial charge is 0.259 e. The lowest BCUT2D eigenvalue weighted by atomic mass is 10.0. The fraction of sp³-hybridized carbons (Fsp3) is 0.476. The molecular formula is C21H26N4O2S. The maximum Gasteiger partial charge on any atom is 0.259 e. The van der Waals surface area contributed by atoms with Crippen LogP contribution in [0.2, 0.25) is 0 Å². The van der Waals surface area contributed by atoms with Crippen molar-refractivity contribution in [2.24, 2.45) is 0 Å². The highest BCUT2D eigenvalue weighted by Gasteiger charge is 2.29. The quantitative estimate of drug-likeness (QED) is 0.701. The molecule has 1 aliphatic rings. The maximum absolute atomic E-state index is 13.7. The summed E-state index contributed by atoms with van der Waals surface area (Å²) in [5.41, 5.74) is 3.61. The topological polar surface area (TPSA) is 71.3 Å². The molecule has 4 heterocycles. The van der Waals surface area contributed by atoms with Gasteiger partial charge in [-0.25, -0.2) is 4.98 Å². The SMILES string of the molecule is CCCN(C(=O)c1cc(-c2cc(C)sc2C)nc2onc(C)c12)C1CCNC1. The lowest BCUT2D eigenvalue weighted by Gasteiger charge is -2.28. The molecule has 7 heteroatoms. The fourth-order valence-electron chi connectivity index (χ4n) is 4.04. The summed E-state index contributed by atoms with van der Waals surface area (Å²) in [4.78, 5) is 22.8. The summed E-state index contributed by atoms with van der Waals surface area (Å²) in [6, 6.07) is 4.27. The van der Waals surface area contributed by atoms with E-state index in [0.29, 0.717) is 17.0 Å². The Labute approximate surface area is 168 Å². The molecule has 3 aromatic rings. The van der Waals surface area contributed by atoms with Gasteiger partial charge in [-0.3, -0.25) is 4.79 Å². The Hall–Kier alpha value is -2.25. The molecule has 0 spiro atoms. The molecule has 0 aromatic carbocycles. The van der Waals surface area contributed by atoms with Gasteiger partial charge in [0.1, 0.15) is 0 Å². The summed E-state index contributed by atoms with van der Waals surface area (Å²) in [7, 11) is 0. The third-order valence-electron chi connectivity index (χ3n) is 5.36. The van der Waals surface area contributed by atoms with Gasteiger partial charge in [-0.2, -0.15) is 0 Å². The maximum atomic E-state index is 13.7. The van der Waals surface area contributed by atoms with E-state index in [1.54, 1.807) is 11.3 Å². The van der Waals surface area contributed by atoms with E-state index in [1.165, 1.54) is 9.75 Å². The third-order valence-corrected chi connectivity index (χ3v) is 6.33. The van der Waals surface area contributed by atoms with Gasteiger partial charge in [0.2, 0.25) is 0 Å². The summed E-state index contributed by atoms with van der Waals surface area (Å²) in [6.45, 7) is 10.7. The van der Waals surface area contributed by atoms with Crippen molar-refractivity contribution in [3.8, 4) is 11.3 Å². The van der Waals surface area contributed by atoms with Crippen molar-refractivity contribution in [1.82, 2.24) is 20.4 Å². The number of amides is 1. The standard InChI is InChI=1S/C21H26N4O2S/c1-5-8-25(15-6-7-22-11-15)21(26)17-10-18(16-9-12(2)28-14(16)4)23-20-19(17)13(3)24-27-20/h9-10,15,22H,5-8,11H2,1-4H3. The number of rotatable bonds is 5. The number of hydrogen-bond acceptors (Lipinski definition) is 6. The van der Waals surface area contributed by atoms with Crippen LogP contribution in [-0.2, 0) is 0 Å². The van der Waals surface area contributed by atoms with Gasteiger partial charge in [0.25, 0.3) is 11.6 Å². The molecule has 1 saturated heterocycles. The first kappa shape index (κ1) is 19.1. The van der Waals surface area contributed by atoms with E-state index in [1.807, 2.05) is 17.9 Å². The summed E-state index contributed by atoms with van der Waals surface area (Å²) < 4.78 is 5.47. The number of carbonyl (C=O) groups excluding carboxylic acids is 1. The lowest BCUT2D eigenvalue weighted by Crippen LogP contribution is -2.42. The summed E-state index contributed by atoms with van der Waals surface area (Å²) in [5.74, 6) is 0.0418. The number of aromatic nitrogens is 2. The highest BCUT2D eigenvalue weighted by atomic mass is 32.1. The minimum absolute atomic E-state index is 0.0418. The van der Waals surface area contributed by atoms with E-state index in [-0.39, 0.29) is 11.9 Å². The second kappa shape index (κ2) is 7.64. The largest absolute Gasteiger partial charge is 0.335 e. The number of fused-ring (bicyclic) bond motifs is 1. The minimum atomic E-state index is 0.0418. The van der Waals surface area contributed by atoms with E-state index < -0.39 is 0 Å². The number of thiophene rings is 1. The molecular weight excluding hydrogens is 372 g/mol. The molecule has 0 bridgehead atoms. The Morgan fingerprint density at radius 2 is 2.18 bits per heavy atom. The first-order valence-electron chi connectivity index (χ1n) is 9.85. The van der Waals surface area contributed by atoms with Gasteiger partial charge in [-0.15, -0.1) is 11.3 Å². The van der Waals surface area contributed by atoms with Crippen LogP contribution in [0.4, 0.5) is 0 Å². The van der Waals surface area contributed by atoms with Gasteiger partial charge in [-0.1, -0.05) is 12.1 Å². The van der Waals surface area contributed by atoms with E-state index in [4.69, 9.17) is 4.52 Å².